The molecule has 0 aliphatic carbocycles. The zero-order valence-corrected chi connectivity index (χ0v) is 15.1. The van der Waals surface area contributed by atoms with Crippen molar-refractivity contribution >= 4 is 24.0 Å². The third-order valence-corrected chi connectivity index (χ3v) is 3.70. The second kappa shape index (κ2) is 10.4. The lowest BCUT2D eigenvalue weighted by molar-refractivity contribution is -0.186. The normalized spacial score (nSPS) is 14.3. The summed E-state index contributed by atoms with van der Waals surface area (Å²) in [5.41, 5.74) is -2.41. The van der Waals surface area contributed by atoms with Crippen LogP contribution in [0.1, 0.15) is 25.3 Å². The van der Waals surface area contributed by atoms with Crippen molar-refractivity contribution in [3.8, 4) is 11.5 Å². The van der Waals surface area contributed by atoms with Crippen LogP contribution in [-0.4, -0.2) is 68.4 Å². The van der Waals surface area contributed by atoms with E-state index in [-0.39, 0.29) is 12.4 Å². The van der Waals surface area contributed by atoms with E-state index in [0.717, 1.165) is 18.2 Å². The minimum Gasteiger partial charge on any atom is -0.504 e. The number of esters is 3. The van der Waals surface area contributed by atoms with Crippen LogP contribution in [0, 0.1) is 0 Å². The summed E-state index contributed by atoms with van der Waals surface area (Å²) in [5.74, 6) is -4.30. The Balaban J connectivity index is 2.82. The Hall–Kier alpha value is -2.95. The Labute approximate surface area is 160 Å². The Kier molecular flexibility index (Phi) is 8.58. The fraction of sp³-hybridized carbons (Fsp3) is 0.389. The third-order valence-electron chi connectivity index (χ3n) is 3.70. The first-order valence-electron chi connectivity index (χ1n) is 8.27. The molecule has 0 aromatic heterocycles. The number of phenolic OH excluding ortho intramolecular Hbond substituents is 2. The van der Waals surface area contributed by atoms with Crippen molar-refractivity contribution in [2.24, 2.45) is 0 Å². The fourth-order valence-corrected chi connectivity index (χ4v) is 2.10. The summed E-state index contributed by atoms with van der Waals surface area (Å²) in [6, 6.07) is 3.69. The Morgan fingerprint density at radius 3 is 2.46 bits per heavy atom. The van der Waals surface area contributed by atoms with E-state index in [1.165, 1.54) is 12.1 Å². The van der Waals surface area contributed by atoms with Crippen molar-refractivity contribution in [1.82, 2.24) is 0 Å². The molecule has 0 saturated heterocycles. The lowest BCUT2D eigenvalue weighted by Gasteiger charge is -2.28. The number of ether oxygens (including phenoxy) is 2. The highest BCUT2D eigenvalue weighted by Gasteiger charge is 2.45. The first-order chi connectivity index (χ1) is 13.1. The van der Waals surface area contributed by atoms with E-state index in [1.54, 1.807) is 6.92 Å². The molecule has 0 aliphatic rings. The first-order valence-corrected chi connectivity index (χ1v) is 8.27. The summed E-state index contributed by atoms with van der Waals surface area (Å²) < 4.78 is 9.11. The van der Waals surface area contributed by atoms with Crippen molar-refractivity contribution in [2.45, 2.75) is 31.5 Å². The number of carbonyl (C=O) groups excluding carboxylic acids is 3. The zero-order valence-electron chi connectivity index (χ0n) is 15.1. The smallest absolute Gasteiger partial charge is 0.348 e. The molecule has 0 saturated carbocycles. The highest BCUT2D eigenvalue weighted by atomic mass is 16.6. The number of aliphatic hydroxyl groups is 3. The van der Waals surface area contributed by atoms with Gasteiger partial charge in [0.25, 0.3) is 0 Å². The summed E-state index contributed by atoms with van der Waals surface area (Å²) in [7, 11) is 0. The zero-order chi connectivity index (χ0) is 21.3. The summed E-state index contributed by atoms with van der Waals surface area (Å²) in [6.07, 6.45) is -1.14. The topological polar surface area (TPSA) is 171 Å². The molecule has 28 heavy (non-hydrogen) atoms. The highest BCUT2D eigenvalue weighted by molar-refractivity contribution is 5.97. The van der Waals surface area contributed by atoms with Gasteiger partial charge in [0.15, 0.2) is 17.1 Å². The van der Waals surface area contributed by atoms with E-state index in [1.807, 2.05) is 0 Å². The first kappa shape index (κ1) is 23.1. The van der Waals surface area contributed by atoms with Crippen LogP contribution in [0.4, 0.5) is 0 Å². The second-order valence-corrected chi connectivity index (χ2v) is 5.72. The standard InChI is InChI=1S/C18H22O10/c1-2-27-15(23)7-8-18(26,14(22)10-19)17(25)28-16(24)6-4-11-3-5-12(20)13(21)9-11/h3-6,9,14,19-22,26H,2,7-8,10H2,1H3/b6-4+. The van der Waals surface area contributed by atoms with E-state index in [0.29, 0.717) is 5.56 Å². The minimum absolute atomic E-state index is 0.0698. The maximum absolute atomic E-state index is 12.1. The highest BCUT2D eigenvalue weighted by Crippen LogP contribution is 2.25. The average Bonchev–Trinajstić information content (AvgIpc) is 2.66. The van der Waals surface area contributed by atoms with Crippen LogP contribution >= 0.6 is 0 Å². The van der Waals surface area contributed by atoms with Crippen LogP contribution in [0.15, 0.2) is 24.3 Å². The molecule has 1 aromatic rings. The van der Waals surface area contributed by atoms with Gasteiger partial charge >= 0.3 is 17.9 Å². The second-order valence-electron chi connectivity index (χ2n) is 5.72. The molecule has 0 spiro atoms. The van der Waals surface area contributed by atoms with Crippen LogP contribution in [0.25, 0.3) is 6.08 Å². The largest absolute Gasteiger partial charge is 0.504 e. The summed E-state index contributed by atoms with van der Waals surface area (Å²) >= 11 is 0. The van der Waals surface area contributed by atoms with Gasteiger partial charge in [-0.3, -0.25) is 4.79 Å². The third kappa shape index (κ3) is 6.34. The van der Waals surface area contributed by atoms with Crippen LogP contribution in [0.2, 0.25) is 0 Å². The average molecular weight is 398 g/mol. The van der Waals surface area contributed by atoms with Crippen LogP contribution in [-0.2, 0) is 23.9 Å². The van der Waals surface area contributed by atoms with Crippen molar-refractivity contribution in [3.05, 3.63) is 29.8 Å². The van der Waals surface area contributed by atoms with E-state index < -0.39 is 54.8 Å². The molecular formula is C18H22O10. The van der Waals surface area contributed by atoms with E-state index >= 15 is 0 Å². The molecule has 2 unspecified atom stereocenters. The molecule has 1 aromatic carbocycles. The lowest BCUT2D eigenvalue weighted by atomic mass is 9.91. The number of benzene rings is 1. The van der Waals surface area contributed by atoms with Gasteiger partial charge in [0.1, 0.15) is 6.10 Å². The van der Waals surface area contributed by atoms with Crippen LogP contribution in [0.3, 0.4) is 0 Å². The van der Waals surface area contributed by atoms with Crippen LogP contribution < -0.4 is 0 Å². The maximum Gasteiger partial charge on any atom is 0.348 e. The maximum atomic E-state index is 12.1. The van der Waals surface area contributed by atoms with Gasteiger partial charge in [-0.05, 0) is 30.7 Å². The summed E-state index contributed by atoms with van der Waals surface area (Å²) in [5, 5.41) is 47.7. The van der Waals surface area contributed by atoms with Gasteiger partial charge in [-0.1, -0.05) is 6.07 Å². The summed E-state index contributed by atoms with van der Waals surface area (Å²) in [6.45, 7) is 0.603. The predicted molar refractivity (Wildman–Crippen MR) is 93.8 cm³/mol. The van der Waals surface area contributed by atoms with Crippen molar-refractivity contribution in [3.63, 3.8) is 0 Å². The van der Waals surface area contributed by atoms with Gasteiger partial charge in [-0.2, -0.15) is 0 Å². The molecule has 0 fully saturated rings. The molecule has 0 bridgehead atoms. The van der Waals surface area contributed by atoms with E-state index in [2.05, 4.69) is 9.47 Å². The van der Waals surface area contributed by atoms with Crippen molar-refractivity contribution in [2.75, 3.05) is 13.2 Å². The van der Waals surface area contributed by atoms with Gasteiger partial charge in [0.05, 0.1) is 13.2 Å². The van der Waals surface area contributed by atoms with Crippen molar-refractivity contribution < 1.29 is 49.4 Å². The van der Waals surface area contributed by atoms with Gasteiger partial charge in [-0.25, -0.2) is 9.59 Å². The molecule has 1 rings (SSSR count). The van der Waals surface area contributed by atoms with E-state index in [4.69, 9.17) is 5.11 Å². The molecule has 0 amide bonds. The number of aliphatic hydroxyl groups excluding tert-OH is 2. The number of hydrogen-bond acceptors (Lipinski definition) is 10. The Morgan fingerprint density at radius 2 is 1.89 bits per heavy atom. The molecular weight excluding hydrogens is 376 g/mol. The van der Waals surface area contributed by atoms with E-state index in [9.17, 15) is 34.8 Å². The van der Waals surface area contributed by atoms with Gasteiger partial charge in [-0.15, -0.1) is 0 Å². The number of carbonyl (C=O) groups is 3. The SMILES string of the molecule is CCOC(=O)CCC(O)(C(=O)OC(=O)/C=C/c1ccc(O)c(O)c1)C(O)CO. The minimum atomic E-state index is -2.71. The predicted octanol–water partition coefficient (Wildman–Crippen LogP) is -0.392. The summed E-state index contributed by atoms with van der Waals surface area (Å²) in [4.78, 5) is 35.3. The van der Waals surface area contributed by atoms with Gasteiger partial charge < -0.3 is 35.0 Å². The Morgan fingerprint density at radius 1 is 1.21 bits per heavy atom. The van der Waals surface area contributed by atoms with Gasteiger partial charge in [0, 0.05) is 18.9 Å². The molecule has 10 heteroatoms. The van der Waals surface area contributed by atoms with Crippen LogP contribution in [0.5, 0.6) is 11.5 Å². The monoisotopic (exact) mass is 398 g/mol. The van der Waals surface area contributed by atoms with Crippen molar-refractivity contribution in [1.29, 1.82) is 0 Å². The number of phenols is 2. The number of rotatable bonds is 9. The fourth-order valence-electron chi connectivity index (χ4n) is 2.10. The molecule has 10 nitrogen and oxygen atoms in total. The van der Waals surface area contributed by atoms with Gasteiger partial charge in [0.2, 0.25) is 0 Å². The number of hydrogen-bond donors (Lipinski definition) is 5. The molecule has 154 valence electrons. The molecule has 0 radical (unpaired) electrons. The lowest BCUT2D eigenvalue weighted by Crippen LogP contribution is -2.53. The Bertz CT molecular complexity index is 742. The molecule has 5 N–H and O–H groups in total. The quantitative estimate of drug-likeness (QED) is 0.160. The number of aromatic hydroxyl groups is 2. The molecule has 0 heterocycles. The molecule has 2 atom stereocenters. The molecule has 0 aliphatic heterocycles.